The smallest absolute Gasteiger partial charge is 0.249 e. The van der Waals surface area contributed by atoms with E-state index in [0.717, 1.165) is 30.6 Å². The van der Waals surface area contributed by atoms with E-state index in [0.29, 0.717) is 29.2 Å². The van der Waals surface area contributed by atoms with E-state index in [4.69, 9.17) is 15.7 Å². The largest absolute Gasteiger partial charge is 0.497 e. The van der Waals surface area contributed by atoms with E-state index in [2.05, 4.69) is 0 Å². The fraction of sp³-hybridized carbons (Fsp3) is 0.526. The lowest BCUT2D eigenvalue weighted by Gasteiger charge is -2.28. The molecular formula is C19H25N3O3. The predicted molar refractivity (Wildman–Crippen MR) is 93.8 cm³/mol. The van der Waals surface area contributed by atoms with Crippen molar-refractivity contribution in [2.45, 2.75) is 44.4 Å². The highest BCUT2D eigenvalue weighted by atomic mass is 16.5. The van der Waals surface area contributed by atoms with Gasteiger partial charge in [-0.15, -0.1) is 0 Å². The van der Waals surface area contributed by atoms with Crippen LogP contribution in [-0.2, 0) is 4.79 Å². The molecule has 2 N–H and O–H groups in total. The maximum atomic E-state index is 12.8. The number of nitrogens with two attached hydrogens (primary N) is 1. The molecule has 0 unspecified atom stereocenters. The normalized spacial score (nSPS) is 15.9. The van der Waals surface area contributed by atoms with Gasteiger partial charge in [0.15, 0.2) is 6.19 Å². The standard InChI is InChI=1S/C19H25N3O3/c1-22(12-20)19(24)17(10-13-6-4-3-5-7-13)16-11-14(25-2)8-9-15(16)18(21)23/h8-9,11,13,17H,3-7,10H2,1-2H3,(H2,21,23)/t17-/m0/s1. The van der Waals surface area contributed by atoms with Gasteiger partial charge in [0, 0.05) is 12.6 Å². The van der Waals surface area contributed by atoms with Crippen molar-refractivity contribution < 1.29 is 14.3 Å². The monoisotopic (exact) mass is 343 g/mol. The first-order chi connectivity index (χ1) is 12.0. The molecule has 2 rings (SSSR count). The molecule has 1 atom stereocenters. The number of hydrogen-bond donors (Lipinski definition) is 1. The van der Waals surface area contributed by atoms with Crippen LogP contribution in [0.4, 0.5) is 0 Å². The molecular weight excluding hydrogens is 318 g/mol. The number of rotatable bonds is 6. The molecule has 1 fully saturated rings. The minimum absolute atomic E-state index is 0.307. The highest BCUT2D eigenvalue weighted by Gasteiger charge is 2.31. The van der Waals surface area contributed by atoms with Crippen molar-refractivity contribution in [2.75, 3.05) is 14.2 Å². The number of carbonyl (C=O) groups excluding carboxylic acids is 2. The Labute approximate surface area is 148 Å². The zero-order valence-electron chi connectivity index (χ0n) is 14.8. The predicted octanol–water partition coefficient (Wildman–Crippen LogP) is 2.79. The van der Waals surface area contributed by atoms with Crippen LogP contribution in [0.5, 0.6) is 5.75 Å². The van der Waals surface area contributed by atoms with Crippen LogP contribution in [0, 0.1) is 17.4 Å². The summed E-state index contributed by atoms with van der Waals surface area (Å²) >= 11 is 0. The van der Waals surface area contributed by atoms with Crippen molar-refractivity contribution in [3.63, 3.8) is 0 Å². The molecule has 6 heteroatoms. The van der Waals surface area contributed by atoms with Gasteiger partial charge in [-0.05, 0) is 36.1 Å². The number of hydrogen-bond acceptors (Lipinski definition) is 4. The Balaban J connectivity index is 2.44. The van der Waals surface area contributed by atoms with Crippen LogP contribution in [0.3, 0.4) is 0 Å². The number of nitrogens with zero attached hydrogens (tertiary/aromatic N) is 2. The minimum Gasteiger partial charge on any atom is -0.497 e. The highest BCUT2D eigenvalue weighted by Crippen LogP contribution is 2.36. The van der Waals surface area contributed by atoms with Crippen molar-refractivity contribution in [3.05, 3.63) is 29.3 Å². The number of methoxy groups -OCH3 is 1. The van der Waals surface area contributed by atoms with Crippen molar-refractivity contribution in [1.82, 2.24) is 4.90 Å². The number of carbonyl (C=O) groups is 2. The Morgan fingerprint density at radius 2 is 2.04 bits per heavy atom. The summed E-state index contributed by atoms with van der Waals surface area (Å²) < 4.78 is 5.25. The van der Waals surface area contributed by atoms with Gasteiger partial charge in [-0.25, -0.2) is 0 Å². The molecule has 0 bridgehead atoms. The second kappa shape index (κ2) is 8.52. The number of benzene rings is 1. The fourth-order valence-corrected chi connectivity index (χ4v) is 3.58. The van der Waals surface area contributed by atoms with Crippen LogP contribution < -0.4 is 10.5 Å². The van der Waals surface area contributed by atoms with Crippen LogP contribution in [0.1, 0.15) is 60.4 Å². The van der Waals surface area contributed by atoms with Crippen molar-refractivity contribution >= 4 is 11.8 Å². The quantitative estimate of drug-likeness (QED) is 0.634. The van der Waals surface area contributed by atoms with Gasteiger partial charge in [-0.2, -0.15) is 5.26 Å². The van der Waals surface area contributed by atoms with E-state index >= 15 is 0 Å². The van der Waals surface area contributed by atoms with E-state index in [1.807, 2.05) is 6.19 Å². The summed E-state index contributed by atoms with van der Waals surface area (Å²) in [5.74, 6) is -0.518. The Morgan fingerprint density at radius 1 is 1.36 bits per heavy atom. The van der Waals surface area contributed by atoms with Gasteiger partial charge < -0.3 is 10.5 Å². The third-order valence-corrected chi connectivity index (χ3v) is 4.97. The number of ether oxygens (including phenoxy) is 1. The zero-order chi connectivity index (χ0) is 18.4. The van der Waals surface area contributed by atoms with Crippen molar-refractivity contribution in [3.8, 4) is 11.9 Å². The zero-order valence-corrected chi connectivity index (χ0v) is 14.8. The van der Waals surface area contributed by atoms with E-state index in [-0.39, 0.29) is 5.91 Å². The molecule has 1 aliphatic rings. The number of primary amides is 1. The second-order valence-electron chi connectivity index (χ2n) is 6.61. The van der Waals surface area contributed by atoms with Crippen molar-refractivity contribution in [2.24, 2.45) is 11.7 Å². The van der Waals surface area contributed by atoms with E-state index in [1.165, 1.54) is 20.6 Å². The van der Waals surface area contributed by atoms with Gasteiger partial charge >= 0.3 is 0 Å². The molecule has 2 amide bonds. The van der Waals surface area contributed by atoms with Gasteiger partial charge in [0.1, 0.15) is 5.75 Å². The maximum absolute atomic E-state index is 12.8. The molecule has 0 spiro atoms. The Morgan fingerprint density at radius 3 is 2.60 bits per heavy atom. The lowest BCUT2D eigenvalue weighted by Crippen LogP contribution is -2.31. The van der Waals surface area contributed by atoms with Crippen LogP contribution >= 0.6 is 0 Å². The highest BCUT2D eigenvalue weighted by molar-refractivity contribution is 5.97. The summed E-state index contributed by atoms with van der Waals surface area (Å²) in [7, 11) is 2.97. The Kier molecular flexibility index (Phi) is 6.40. The lowest BCUT2D eigenvalue weighted by atomic mass is 9.79. The molecule has 0 aliphatic heterocycles. The van der Waals surface area contributed by atoms with Gasteiger partial charge in [-0.1, -0.05) is 32.1 Å². The Hall–Kier alpha value is -2.55. The topological polar surface area (TPSA) is 96.4 Å². The summed E-state index contributed by atoms with van der Waals surface area (Å²) in [5, 5.41) is 9.12. The maximum Gasteiger partial charge on any atom is 0.249 e. The number of nitriles is 1. The van der Waals surface area contributed by atoms with Crippen LogP contribution in [0.25, 0.3) is 0 Å². The van der Waals surface area contributed by atoms with Gasteiger partial charge in [0.25, 0.3) is 0 Å². The second-order valence-corrected chi connectivity index (χ2v) is 6.61. The average Bonchev–Trinajstić information content (AvgIpc) is 2.65. The molecule has 25 heavy (non-hydrogen) atoms. The first-order valence-electron chi connectivity index (χ1n) is 8.63. The summed E-state index contributed by atoms with van der Waals surface area (Å²) in [6, 6.07) is 4.93. The van der Waals surface area contributed by atoms with Crippen molar-refractivity contribution in [1.29, 1.82) is 5.26 Å². The number of amides is 2. The van der Waals surface area contributed by atoms with Crippen LogP contribution in [0.15, 0.2) is 18.2 Å². The van der Waals surface area contributed by atoms with Gasteiger partial charge in [0.2, 0.25) is 11.8 Å². The lowest BCUT2D eigenvalue weighted by molar-refractivity contribution is -0.129. The first-order valence-corrected chi connectivity index (χ1v) is 8.63. The van der Waals surface area contributed by atoms with Crippen LogP contribution in [0.2, 0.25) is 0 Å². The molecule has 1 aliphatic carbocycles. The minimum atomic E-state index is -0.585. The van der Waals surface area contributed by atoms with E-state index < -0.39 is 11.8 Å². The van der Waals surface area contributed by atoms with Crippen LogP contribution in [-0.4, -0.2) is 30.9 Å². The molecule has 1 saturated carbocycles. The molecule has 134 valence electrons. The SMILES string of the molecule is COc1ccc(C(N)=O)c([C@H](CC2CCCCC2)C(=O)N(C)C#N)c1. The molecule has 0 radical (unpaired) electrons. The average molecular weight is 343 g/mol. The molecule has 0 aromatic heterocycles. The van der Waals surface area contributed by atoms with E-state index in [1.54, 1.807) is 18.2 Å². The third-order valence-electron chi connectivity index (χ3n) is 4.97. The van der Waals surface area contributed by atoms with E-state index in [9.17, 15) is 9.59 Å². The molecule has 1 aromatic carbocycles. The van der Waals surface area contributed by atoms with Gasteiger partial charge in [0.05, 0.1) is 13.0 Å². The summed E-state index contributed by atoms with van der Waals surface area (Å²) in [6.07, 6.45) is 8.13. The molecule has 1 aromatic rings. The molecule has 0 saturated heterocycles. The molecule has 0 heterocycles. The summed E-state index contributed by atoms with van der Waals surface area (Å²) in [4.78, 5) is 25.7. The Bertz CT molecular complexity index is 675. The fourth-order valence-electron chi connectivity index (χ4n) is 3.58. The third kappa shape index (κ3) is 4.50. The first kappa shape index (κ1) is 18.8. The number of likely N-dealkylation sites (N-methyl/N-ethyl adjacent to an activating group) is 1. The summed E-state index contributed by atoms with van der Waals surface area (Å²) in [6.45, 7) is 0. The van der Waals surface area contributed by atoms with Gasteiger partial charge in [-0.3, -0.25) is 14.5 Å². The molecule has 6 nitrogen and oxygen atoms in total. The summed E-state index contributed by atoms with van der Waals surface area (Å²) in [5.41, 5.74) is 6.37.